The molecular formula is C24H29ClN2O4S2. The van der Waals surface area contributed by atoms with Crippen LogP contribution in [0, 0.1) is 11.3 Å². The largest absolute Gasteiger partial charge is 0.469 e. The van der Waals surface area contributed by atoms with Gasteiger partial charge in [0, 0.05) is 17.6 Å². The Bertz CT molecular complexity index is 1010. The maximum atomic E-state index is 14.0. The molecule has 4 rings (SSSR count). The van der Waals surface area contributed by atoms with E-state index in [4.69, 9.17) is 16.3 Å². The highest BCUT2D eigenvalue weighted by atomic mass is 35.5. The van der Waals surface area contributed by atoms with Gasteiger partial charge in [-0.3, -0.25) is 9.59 Å². The molecule has 2 aromatic rings. The van der Waals surface area contributed by atoms with E-state index in [-0.39, 0.29) is 30.4 Å². The van der Waals surface area contributed by atoms with Crippen molar-refractivity contribution in [2.45, 2.75) is 55.3 Å². The zero-order valence-electron chi connectivity index (χ0n) is 18.8. The molecule has 1 aliphatic heterocycles. The maximum absolute atomic E-state index is 14.0. The zero-order valence-corrected chi connectivity index (χ0v) is 21.2. The fourth-order valence-corrected chi connectivity index (χ4v) is 6.61. The number of rotatable bonds is 9. The van der Waals surface area contributed by atoms with Crippen molar-refractivity contribution in [3.8, 4) is 0 Å². The minimum Gasteiger partial charge on any atom is -0.469 e. The molecule has 0 bridgehead atoms. The number of methoxy groups -OCH3 is 1. The van der Waals surface area contributed by atoms with Gasteiger partial charge in [-0.15, -0.1) is 11.3 Å². The summed E-state index contributed by atoms with van der Waals surface area (Å²) < 4.78 is 21.6. The van der Waals surface area contributed by atoms with E-state index in [2.05, 4.69) is 4.72 Å². The van der Waals surface area contributed by atoms with Gasteiger partial charge in [0.15, 0.2) is 0 Å². The van der Waals surface area contributed by atoms with Crippen LogP contribution in [0.3, 0.4) is 0 Å². The molecule has 1 saturated heterocycles. The molecule has 1 amide bonds. The maximum Gasteiger partial charge on any atom is 0.306 e. The van der Waals surface area contributed by atoms with E-state index in [0.29, 0.717) is 23.9 Å². The molecule has 1 N–H and O–H groups in total. The Balaban J connectivity index is 1.63. The smallest absolute Gasteiger partial charge is 0.306 e. The second-order valence-electron chi connectivity index (χ2n) is 9.09. The molecule has 9 heteroatoms. The number of nitrogens with one attached hydrogen (secondary N) is 1. The van der Waals surface area contributed by atoms with Gasteiger partial charge in [-0.1, -0.05) is 36.7 Å². The van der Waals surface area contributed by atoms with Gasteiger partial charge in [-0.05, 0) is 60.7 Å². The first-order valence-corrected chi connectivity index (χ1v) is 13.6. The van der Waals surface area contributed by atoms with Crippen molar-refractivity contribution in [1.29, 1.82) is 0 Å². The number of carbonyl (C=O) groups excluding carboxylic acids is 2. The lowest BCUT2D eigenvalue weighted by Gasteiger charge is -2.48. The first kappa shape index (κ1) is 24.4. The quantitative estimate of drug-likeness (QED) is 0.497. The van der Waals surface area contributed by atoms with Crippen LogP contribution in [0.25, 0.3) is 0 Å². The molecule has 0 radical (unpaired) electrons. The van der Waals surface area contributed by atoms with E-state index in [0.717, 1.165) is 29.0 Å². The number of hydrogen-bond donors (Lipinski definition) is 1. The van der Waals surface area contributed by atoms with Gasteiger partial charge >= 0.3 is 5.97 Å². The summed E-state index contributed by atoms with van der Waals surface area (Å²) in [6.07, 6.45) is 3.44. The Morgan fingerprint density at radius 1 is 1.30 bits per heavy atom. The molecule has 2 fully saturated rings. The molecule has 2 heterocycles. The Hall–Kier alpha value is -1.74. The number of ether oxygens (including phenoxy) is 1. The normalized spacial score (nSPS) is 25.0. The van der Waals surface area contributed by atoms with Crippen LogP contribution in [-0.4, -0.2) is 40.7 Å². The molecule has 33 heavy (non-hydrogen) atoms. The lowest BCUT2D eigenvalue weighted by molar-refractivity contribution is -0.160. The van der Waals surface area contributed by atoms with Crippen molar-refractivity contribution >= 4 is 45.8 Å². The van der Waals surface area contributed by atoms with Gasteiger partial charge in [0.25, 0.3) is 0 Å². The van der Waals surface area contributed by atoms with Crippen molar-refractivity contribution in [2.24, 2.45) is 11.3 Å². The fourth-order valence-electron chi connectivity index (χ4n) is 4.68. The first-order chi connectivity index (χ1) is 15.8. The van der Waals surface area contributed by atoms with Crippen LogP contribution in [0.4, 0.5) is 0 Å². The minimum absolute atomic E-state index is 0.0419. The molecule has 1 aromatic heterocycles. The first-order valence-electron chi connectivity index (χ1n) is 11.2. The number of thiophene rings is 1. The number of carbonyl (C=O) groups is 2. The summed E-state index contributed by atoms with van der Waals surface area (Å²) in [5, 5.41) is 2.55. The third kappa shape index (κ3) is 5.50. The lowest BCUT2D eigenvalue weighted by Crippen LogP contribution is -2.56. The Kier molecular flexibility index (Phi) is 7.58. The Labute approximate surface area is 206 Å². The van der Waals surface area contributed by atoms with E-state index in [9.17, 15) is 13.8 Å². The number of halogens is 1. The SMILES string of the molecule is COC(=O)C[C@@]1(C)CC[C@@H](c2ccc(Cl)cc2)N(C(CNS(=O)c2cccs2)C2CC2)C1=O. The van der Waals surface area contributed by atoms with Crippen molar-refractivity contribution < 1.29 is 18.5 Å². The third-order valence-electron chi connectivity index (χ3n) is 6.70. The number of nitrogens with zero attached hydrogens (tertiary/aromatic N) is 1. The van der Waals surface area contributed by atoms with Crippen molar-refractivity contribution in [1.82, 2.24) is 9.62 Å². The van der Waals surface area contributed by atoms with E-state index in [1.165, 1.54) is 18.4 Å². The van der Waals surface area contributed by atoms with Gasteiger partial charge in [0.1, 0.15) is 15.2 Å². The number of likely N-dealkylation sites (tertiary alicyclic amines) is 1. The van der Waals surface area contributed by atoms with E-state index < -0.39 is 16.4 Å². The number of hydrogen-bond acceptors (Lipinski definition) is 5. The van der Waals surface area contributed by atoms with Crippen LogP contribution in [0.15, 0.2) is 46.0 Å². The molecule has 1 saturated carbocycles. The number of amides is 1. The molecule has 178 valence electrons. The van der Waals surface area contributed by atoms with Crippen molar-refractivity contribution in [3.05, 3.63) is 52.4 Å². The molecule has 1 aromatic carbocycles. The van der Waals surface area contributed by atoms with Gasteiger partial charge in [-0.25, -0.2) is 8.93 Å². The summed E-state index contributed by atoms with van der Waals surface area (Å²) in [5.41, 5.74) is 0.202. The number of piperidine rings is 1. The second kappa shape index (κ2) is 10.3. The van der Waals surface area contributed by atoms with Crippen LogP contribution < -0.4 is 4.72 Å². The summed E-state index contributed by atoms with van der Waals surface area (Å²) in [5.74, 6) is -0.0765. The van der Waals surface area contributed by atoms with Crippen LogP contribution in [0.2, 0.25) is 5.02 Å². The highest BCUT2D eigenvalue weighted by Gasteiger charge is 2.50. The van der Waals surface area contributed by atoms with Crippen LogP contribution in [0.1, 0.15) is 50.6 Å². The van der Waals surface area contributed by atoms with E-state index in [1.54, 1.807) is 0 Å². The number of benzene rings is 1. The van der Waals surface area contributed by atoms with E-state index >= 15 is 0 Å². The monoisotopic (exact) mass is 508 g/mol. The average Bonchev–Trinajstić information content (AvgIpc) is 3.49. The zero-order chi connectivity index (χ0) is 23.6. The van der Waals surface area contributed by atoms with Crippen molar-refractivity contribution in [2.75, 3.05) is 13.7 Å². The third-order valence-corrected chi connectivity index (χ3v) is 9.28. The van der Waals surface area contributed by atoms with E-state index in [1.807, 2.05) is 53.6 Å². The molecule has 2 unspecified atom stereocenters. The topological polar surface area (TPSA) is 75.7 Å². The minimum atomic E-state index is -1.33. The van der Waals surface area contributed by atoms with Crippen LogP contribution in [0.5, 0.6) is 0 Å². The highest BCUT2D eigenvalue weighted by molar-refractivity contribution is 7.85. The van der Waals surface area contributed by atoms with Gasteiger partial charge in [-0.2, -0.15) is 0 Å². The average molecular weight is 509 g/mol. The summed E-state index contributed by atoms with van der Waals surface area (Å²) in [7, 11) is 0.0244. The van der Waals surface area contributed by atoms with Crippen LogP contribution >= 0.6 is 22.9 Å². The van der Waals surface area contributed by atoms with Crippen LogP contribution in [-0.2, 0) is 25.3 Å². The predicted octanol–water partition coefficient (Wildman–Crippen LogP) is 4.73. The molecular weight excluding hydrogens is 480 g/mol. The molecule has 1 aliphatic carbocycles. The number of esters is 1. The van der Waals surface area contributed by atoms with Gasteiger partial charge in [0.05, 0.1) is 25.0 Å². The fraction of sp³-hybridized carbons (Fsp3) is 0.500. The molecule has 4 atom stereocenters. The summed E-state index contributed by atoms with van der Waals surface area (Å²) in [6, 6.07) is 11.1. The molecule has 6 nitrogen and oxygen atoms in total. The Morgan fingerprint density at radius 2 is 2.03 bits per heavy atom. The van der Waals surface area contributed by atoms with Gasteiger partial charge < -0.3 is 9.64 Å². The molecule has 2 aliphatic rings. The lowest BCUT2D eigenvalue weighted by atomic mass is 9.74. The highest BCUT2D eigenvalue weighted by Crippen LogP contribution is 2.47. The predicted molar refractivity (Wildman–Crippen MR) is 130 cm³/mol. The van der Waals surface area contributed by atoms with Crippen molar-refractivity contribution in [3.63, 3.8) is 0 Å². The summed E-state index contributed by atoms with van der Waals surface area (Å²) in [6.45, 7) is 2.29. The molecule has 0 spiro atoms. The van der Waals surface area contributed by atoms with Gasteiger partial charge in [0.2, 0.25) is 5.91 Å². The standard InChI is InChI=1S/C24H29ClN2O4S2/c1-24(14-21(28)31-2)12-11-19(16-7-9-18(25)10-8-16)27(23(24)29)20(17-5-6-17)15-26-33(30)22-4-3-13-32-22/h3-4,7-10,13,17,19-20,26H,5-6,11-12,14-15H2,1-2H3/t19-,20?,24+,33?/m0/s1. The summed E-state index contributed by atoms with van der Waals surface area (Å²) >= 11 is 7.56. The second-order valence-corrected chi connectivity index (χ2v) is 12.0. The Morgan fingerprint density at radius 3 is 2.64 bits per heavy atom. The summed E-state index contributed by atoms with van der Waals surface area (Å²) in [4.78, 5) is 28.1.